The number of fused-ring (bicyclic) bond motifs is 3. The van der Waals surface area contributed by atoms with E-state index in [4.69, 9.17) is 4.74 Å². The number of benzene rings is 2. The summed E-state index contributed by atoms with van der Waals surface area (Å²) in [5.74, 6) is 3.13. The maximum Gasteiger partial charge on any atom is 0.122 e. The number of para-hydroxylation sites is 1. The molecule has 1 aliphatic carbocycles. The molecule has 1 nitrogen and oxygen atoms in total. The van der Waals surface area contributed by atoms with E-state index in [1.165, 1.54) is 11.1 Å². The van der Waals surface area contributed by atoms with E-state index in [2.05, 4.69) is 54.6 Å². The van der Waals surface area contributed by atoms with Crippen molar-refractivity contribution in [2.45, 2.75) is 11.8 Å². The standard InChI is InChI=1S/C16H14O/c1-2-6-11(7-3-1)15-13-10-17-14-9-5-4-8-12(14)16(13)15/h1-9,13,15-16H,10H2. The van der Waals surface area contributed by atoms with Crippen molar-refractivity contribution in [1.29, 1.82) is 0 Å². The van der Waals surface area contributed by atoms with Gasteiger partial charge in [-0.3, -0.25) is 0 Å². The van der Waals surface area contributed by atoms with E-state index in [-0.39, 0.29) is 0 Å². The van der Waals surface area contributed by atoms with Gasteiger partial charge in [-0.05, 0) is 23.1 Å². The van der Waals surface area contributed by atoms with Gasteiger partial charge in [0.1, 0.15) is 5.75 Å². The Morgan fingerprint density at radius 1 is 0.824 bits per heavy atom. The van der Waals surface area contributed by atoms with Crippen LogP contribution in [-0.4, -0.2) is 6.61 Å². The highest BCUT2D eigenvalue weighted by atomic mass is 16.5. The summed E-state index contributed by atoms with van der Waals surface area (Å²) in [6.07, 6.45) is 0. The summed E-state index contributed by atoms with van der Waals surface area (Å²) in [5.41, 5.74) is 2.86. The zero-order chi connectivity index (χ0) is 11.2. The van der Waals surface area contributed by atoms with Crippen LogP contribution in [0.2, 0.25) is 0 Å². The van der Waals surface area contributed by atoms with Crippen LogP contribution in [-0.2, 0) is 0 Å². The first-order chi connectivity index (χ1) is 8.45. The van der Waals surface area contributed by atoms with E-state index in [1.54, 1.807) is 0 Å². The van der Waals surface area contributed by atoms with Crippen molar-refractivity contribution < 1.29 is 4.74 Å². The molecule has 2 aliphatic rings. The minimum absolute atomic E-state index is 0.667. The van der Waals surface area contributed by atoms with Crippen LogP contribution in [0.15, 0.2) is 54.6 Å². The molecule has 1 fully saturated rings. The number of hydrogen-bond acceptors (Lipinski definition) is 1. The van der Waals surface area contributed by atoms with E-state index in [0.717, 1.165) is 12.4 Å². The molecule has 0 spiro atoms. The Bertz CT molecular complexity index is 546. The molecule has 0 N–H and O–H groups in total. The molecule has 0 amide bonds. The second-order valence-electron chi connectivity index (χ2n) is 4.97. The van der Waals surface area contributed by atoms with Gasteiger partial charge in [0.2, 0.25) is 0 Å². The average Bonchev–Trinajstić information content (AvgIpc) is 3.14. The van der Waals surface area contributed by atoms with Gasteiger partial charge in [-0.2, -0.15) is 0 Å². The first-order valence-electron chi connectivity index (χ1n) is 6.22. The van der Waals surface area contributed by atoms with Crippen LogP contribution in [0.25, 0.3) is 0 Å². The van der Waals surface area contributed by atoms with Crippen molar-refractivity contribution in [3.8, 4) is 5.75 Å². The van der Waals surface area contributed by atoms with Crippen LogP contribution in [0.1, 0.15) is 23.0 Å². The Kier molecular flexibility index (Phi) is 1.84. The summed E-state index contributed by atoms with van der Waals surface area (Å²) < 4.78 is 5.83. The van der Waals surface area contributed by atoms with Crippen molar-refractivity contribution >= 4 is 0 Å². The molecule has 1 aliphatic heterocycles. The Morgan fingerprint density at radius 2 is 1.59 bits per heavy atom. The molecule has 1 heteroatoms. The lowest BCUT2D eigenvalue weighted by atomic mass is 10.0. The Morgan fingerprint density at radius 3 is 2.47 bits per heavy atom. The molecule has 1 heterocycles. The van der Waals surface area contributed by atoms with E-state index >= 15 is 0 Å². The van der Waals surface area contributed by atoms with E-state index < -0.39 is 0 Å². The lowest BCUT2D eigenvalue weighted by Gasteiger charge is -2.15. The van der Waals surface area contributed by atoms with Gasteiger partial charge in [-0.1, -0.05) is 48.5 Å². The monoisotopic (exact) mass is 222 g/mol. The predicted molar refractivity (Wildman–Crippen MR) is 67.4 cm³/mol. The number of ether oxygens (including phenoxy) is 1. The summed E-state index contributed by atoms with van der Waals surface area (Å²) in [6, 6.07) is 19.3. The third-order valence-electron chi connectivity index (χ3n) is 4.06. The molecule has 17 heavy (non-hydrogen) atoms. The Balaban J connectivity index is 1.73. The molecule has 1 saturated carbocycles. The third-order valence-corrected chi connectivity index (χ3v) is 4.06. The smallest absolute Gasteiger partial charge is 0.122 e. The van der Waals surface area contributed by atoms with Gasteiger partial charge >= 0.3 is 0 Å². The van der Waals surface area contributed by atoms with Gasteiger partial charge in [0, 0.05) is 11.8 Å². The highest BCUT2D eigenvalue weighted by molar-refractivity contribution is 5.48. The largest absolute Gasteiger partial charge is 0.493 e. The lowest BCUT2D eigenvalue weighted by Crippen LogP contribution is -2.07. The molecule has 0 radical (unpaired) electrons. The maximum absolute atomic E-state index is 5.83. The first-order valence-corrected chi connectivity index (χ1v) is 6.22. The second kappa shape index (κ2) is 3.36. The van der Waals surface area contributed by atoms with Crippen molar-refractivity contribution in [2.75, 3.05) is 6.61 Å². The van der Waals surface area contributed by atoms with Crippen LogP contribution in [0.5, 0.6) is 5.75 Å². The molecule has 3 unspecified atom stereocenters. The molecule has 0 bridgehead atoms. The topological polar surface area (TPSA) is 9.23 Å². The number of rotatable bonds is 1. The molecular weight excluding hydrogens is 208 g/mol. The van der Waals surface area contributed by atoms with Gasteiger partial charge in [-0.25, -0.2) is 0 Å². The van der Waals surface area contributed by atoms with E-state index in [9.17, 15) is 0 Å². The fourth-order valence-corrected chi connectivity index (χ4v) is 3.21. The SMILES string of the molecule is c1ccc(C2C3COc4ccccc4C32)cc1. The van der Waals surface area contributed by atoms with Crippen molar-refractivity contribution in [1.82, 2.24) is 0 Å². The molecule has 2 aromatic carbocycles. The highest BCUT2D eigenvalue weighted by Crippen LogP contribution is 2.64. The van der Waals surface area contributed by atoms with Gasteiger partial charge < -0.3 is 4.74 Å². The normalized spacial score (nSPS) is 28.8. The Labute approximate surface area is 101 Å². The van der Waals surface area contributed by atoms with Crippen LogP contribution >= 0.6 is 0 Å². The molecule has 2 aromatic rings. The van der Waals surface area contributed by atoms with E-state index in [1.807, 2.05) is 0 Å². The quantitative estimate of drug-likeness (QED) is 0.716. The molecule has 0 aromatic heterocycles. The molecule has 84 valence electrons. The van der Waals surface area contributed by atoms with Crippen molar-refractivity contribution in [3.63, 3.8) is 0 Å². The second-order valence-corrected chi connectivity index (χ2v) is 4.97. The lowest BCUT2D eigenvalue weighted by molar-refractivity contribution is 0.277. The zero-order valence-corrected chi connectivity index (χ0v) is 9.54. The van der Waals surface area contributed by atoms with Gasteiger partial charge in [-0.15, -0.1) is 0 Å². The summed E-state index contributed by atoms with van der Waals surface area (Å²) in [4.78, 5) is 0. The van der Waals surface area contributed by atoms with Gasteiger partial charge in [0.25, 0.3) is 0 Å². The Hall–Kier alpha value is -1.76. The minimum Gasteiger partial charge on any atom is -0.493 e. The summed E-state index contributed by atoms with van der Waals surface area (Å²) in [5, 5.41) is 0. The van der Waals surface area contributed by atoms with Crippen molar-refractivity contribution in [3.05, 3.63) is 65.7 Å². The van der Waals surface area contributed by atoms with Crippen molar-refractivity contribution in [2.24, 2.45) is 5.92 Å². The highest BCUT2D eigenvalue weighted by Gasteiger charge is 2.54. The zero-order valence-electron chi connectivity index (χ0n) is 9.54. The van der Waals surface area contributed by atoms with Crippen LogP contribution < -0.4 is 4.74 Å². The third kappa shape index (κ3) is 1.32. The van der Waals surface area contributed by atoms with Gasteiger partial charge in [0.05, 0.1) is 6.61 Å². The van der Waals surface area contributed by atoms with Crippen LogP contribution in [0.4, 0.5) is 0 Å². The minimum atomic E-state index is 0.667. The molecular formula is C16H14O. The van der Waals surface area contributed by atoms with Crippen LogP contribution in [0, 0.1) is 5.92 Å². The molecule has 3 atom stereocenters. The predicted octanol–water partition coefficient (Wildman–Crippen LogP) is 3.58. The fourth-order valence-electron chi connectivity index (χ4n) is 3.21. The van der Waals surface area contributed by atoms with Crippen LogP contribution in [0.3, 0.4) is 0 Å². The summed E-state index contributed by atoms with van der Waals surface area (Å²) in [6.45, 7) is 0.876. The molecule has 0 saturated heterocycles. The number of hydrogen-bond donors (Lipinski definition) is 0. The summed E-state index contributed by atoms with van der Waals surface area (Å²) in [7, 11) is 0. The maximum atomic E-state index is 5.83. The molecule has 4 rings (SSSR count). The summed E-state index contributed by atoms with van der Waals surface area (Å²) >= 11 is 0. The van der Waals surface area contributed by atoms with Gasteiger partial charge in [0.15, 0.2) is 0 Å². The fraction of sp³-hybridized carbons (Fsp3) is 0.250. The van der Waals surface area contributed by atoms with E-state index in [0.29, 0.717) is 17.8 Å². The first kappa shape index (κ1) is 9.29. The average molecular weight is 222 g/mol.